The van der Waals surface area contributed by atoms with E-state index < -0.39 is 0 Å². The third-order valence-electron chi connectivity index (χ3n) is 5.97. The van der Waals surface area contributed by atoms with Crippen molar-refractivity contribution in [2.24, 2.45) is 11.8 Å². The molecule has 8 heteroatoms. The molecule has 0 aliphatic carbocycles. The molecule has 33 heavy (non-hydrogen) atoms. The topological polar surface area (TPSA) is 82.6 Å². The molecule has 2 aromatic rings. The zero-order valence-electron chi connectivity index (χ0n) is 19.7. The van der Waals surface area contributed by atoms with E-state index in [1.54, 1.807) is 15.9 Å². The normalized spacial score (nSPS) is 15.6. The Balaban J connectivity index is 1.56. The molecule has 1 fully saturated rings. The van der Waals surface area contributed by atoms with Crippen molar-refractivity contribution in [3.8, 4) is 0 Å². The van der Waals surface area contributed by atoms with Crippen LogP contribution in [0.1, 0.15) is 46.2 Å². The number of anilines is 2. The van der Waals surface area contributed by atoms with Crippen molar-refractivity contribution >= 4 is 46.0 Å². The second kappa shape index (κ2) is 11.2. The highest BCUT2D eigenvalue weighted by Gasteiger charge is 2.27. The summed E-state index contributed by atoms with van der Waals surface area (Å²) in [5.41, 5.74) is 1.38. The molecule has 1 aromatic carbocycles. The minimum atomic E-state index is -0.128. The van der Waals surface area contributed by atoms with Crippen molar-refractivity contribution in [2.45, 2.75) is 46.6 Å². The maximum absolute atomic E-state index is 12.6. The van der Waals surface area contributed by atoms with Gasteiger partial charge in [-0.2, -0.15) is 0 Å². The Hall–Kier alpha value is -3.00. The molecule has 1 aliphatic rings. The predicted molar refractivity (Wildman–Crippen MR) is 132 cm³/mol. The average molecular weight is 469 g/mol. The van der Waals surface area contributed by atoms with E-state index in [0.29, 0.717) is 42.7 Å². The molecule has 0 radical (unpaired) electrons. The molecule has 3 rings (SSSR count). The van der Waals surface area contributed by atoms with E-state index in [9.17, 15) is 14.4 Å². The number of nitrogens with one attached hydrogen (secondary N) is 1. The Morgan fingerprint density at radius 1 is 1.15 bits per heavy atom. The van der Waals surface area contributed by atoms with E-state index >= 15 is 0 Å². The number of likely N-dealkylation sites (tertiary alicyclic amines) is 1. The number of hydrogen-bond acceptors (Lipinski definition) is 5. The summed E-state index contributed by atoms with van der Waals surface area (Å²) >= 11 is 1.35. The van der Waals surface area contributed by atoms with Gasteiger partial charge in [0.1, 0.15) is 0 Å². The molecule has 1 saturated heterocycles. The highest BCUT2D eigenvalue weighted by molar-refractivity contribution is 7.14. The van der Waals surface area contributed by atoms with Crippen molar-refractivity contribution < 1.29 is 14.4 Å². The summed E-state index contributed by atoms with van der Waals surface area (Å²) in [6.45, 7) is 8.82. The number of para-hydroxylation sites is 1. The van der Waals surface area contributed by atoms with Crippen LogP contribution >= 0.6 is 11.3 Å². The zero-order valence-corrected chi connectivity index (χ0v) is 20.5. The Labute approximate surface area is 199 Å². The summed E-state index contributed by atoms with van der Waals surface area (Å²) in [6, 6.07) is 9.49. The van der Waals surface area contributed by atoms with Gasteiger partial charge in [0.25, 0.3) is 0 Å². The monoisotopic (exact) mass is 468 g/mol. The quantitative estimate of drug-likeness (QED) is 0.616. The van der Waals surface area contributed by atoms with Gasteiger partial charge in [-0.1, -0.05) is 32.0 Å². The number of amides is 3. The fraction of sp³-hybridized carbons (Fsp3) is 0.440. The van der Waals surface area contributed by atoms with Crippen LogP contribution in [-0.4, -0.2) is 46.7 Å². The van der Waals surface area contributed by atoms with Gasteiger partial charge in [0.15, 0.2) is 5.13 Å². The maximum Gasteiger partial charge on any atom is 0.246 e. The summed E-state index contributed by atoms with van der Waals surface area (Å²) in [4.78, 5) is 45.1. The van der Waals surface area contributed by atoms with E-state index in [2.05, 4.69) is 24.1 Å². The van der Waals surface area contributed by atoms with E-state index in [1.807, 2.05) is 42.6 Å². The highest BCUT2D eigenvalue weighted by Crippen LogP contribution is 2.29. The van der Waals surface area contributed by atoms with Crippen LogP contribution in [0, 0.1) is 11.8 Å². The minimum absolute atomic E-state index is 0.0455. The lowest BCUT2D eigenvalue weighted by atomic mass is 9.94. The van der Waals surface area contributed by atoms with Gasteiger partial charge in [0.2, 0.25) is 17.7 Å². The van der Waals surface area contributed by atoms with Crippen LogP contribution in [0.25, 0.3) is 6.08 Å². The van der Waals surface area contributed by atoms with Gasteiger partial charge in [-0.3, -0.25) is 19.3 Å². The van der Waals surface area contributed by atoms with Crippen LogP contribution in [0.2, 0.25) is 0 Å². The summed E-state index contributed by atoms with van der Waals surface area (Å²) < 4.78 is 0. The van der Waals surface area contributed by atoms with Gasteiger partial charge in [0.05, 0.1) is 11.4 Å². The number of piperidine rings is 1. The number of carbonyl (C=O) groups excluding carboxylic acids is 3. The molecule has 1 unspecified atom stereocenters. The Morgan fingerprint density at radius 3 is 2.42 bits per heavy atom. The van der Waals surface area contributed by atoms with Crippen molar-refractivity contribution in [1.82, 2.24) is 15.2 Å². The van der Waals surface area contributed by atoms with Crippen LogP contribution in [0.15, 0.2) is 41.8 Å². The molecule has 2 heterocycles. The zero-order chi connectivity index (χ0) is 24.0. The van der Waals surface area contributed by atoms with Crippen molar-refractivity contribution in [3.05, 3.63) is 47.5 Å². The molecule has 0 bridgehead atoms. The van der Waals surface area contributed by atoms with Crippen molar-refractivity contribution in [2.75, 3.05) is 18.0 Å². The fourth-order valence-corrected chi connectivity index (χ4v) is 4.45. The molecule has 1 aromatic heterocycles. The minimum Gasteiger partial charge on any atom is -0.353 e. The third-order valence-corrected chi connectivity index (χ3v) is 6.82. The smallest absolute Gasteiger partial charge is 0.246 e. The molecule has 7 nitrogen and oxygen atoms in total. The first kappa shape index (κ1) is 24.6. The fourth-order valence-electron chi connectivity index (χ4n) is 3.59. The Morgan fingerprint density at radius 2 is 1.82 bits per heavy atom. The lowest BCUT2D eigenvalue weighted by Crippen LogP contribution is -2.45. The largest absolute Gasteiger partial charge is 0.353 e. The van der Waals surface area contributed by atoms with Crippen molar-refractivity contribution in [1.29, 1.82) is 0 Å². The average Bonchev–Trinajstić information content (AvgIpc) is 3.26. The van der Waals surface area contributed by atoms with Gasteiger partial charge in [-0.05, 0) is 43.9 Å². The highest BCUT2D eigenvalue weighted by atomic mass is 32.1. The first-order valence-corrected chi connectivity index (χ1v) is 12.2. The number of rotatable bonds is 7. The van der Waals surface area contributed by atoms with Crippen LogP contribution in [0.3, 0.4) is 0 Å². The maximum atomic E-state index is 12.6. The molecule has 176 valence electrons. The Bertz CT molecular complexity index is 994. The lowest BCUT2D eigenvalue weighted by molar-refractivity contribution is -0.132. The summed E-state index contributed by atoms with van der Waals surface area (Å²) in [6.07, 6.45) is 4.53. The van der Waals surface area contributed by atoms with Gasteiger partial charge >= 0.3 is 0 Å². The number of benzene rings is 1. The van der Waals surface area contributed by atoms with Gasteiger partial charge in [-0.15, -0.1) is 11.3 Å². The first-order valence-electron chi connectivity index (χ1n) is 11.3. The third kappa shape index (κ3) is 6.51. The Kier molecular flexibility index (Phi) is 8.38. The number of thiazole rings is 1. The SMILES string of the molecule is CC(=O)N(c1ccccc1)c1nc(/C=C/C(=O)N2CCC(C(=O)NC(C)C(C)C)CC2)cs1. The summed E-state index contributed by atoms with van der Waals surface area (Å²) in [5, 5.41) is 5.46. The summed E-state index contributed by atoms with van der Waals surface area (Å²) in [7, 11) is 0. The van der Waals surface area contributed by atoms with Crippen LogP contribution in [-0.2, 0) is 14.4 Å². The van der Waals surface area contributed by atoms with Gasteiger partial charge in [-0.25, -0.2) is 4.98 Å². The molecule has 3 amide bonds. The molecule has 0 spiro atoms. The number of aromatic nitrogens is 1. The first-order chi connectivity index (χ1) is 15.8. The van der Waals surface area contributed by atoms with E-state index in [-0.39, 0.29) is 29.7 Å². The molecule has 1 atom stereocenters. The van der Waals surface area contributed by atoms with E-state index in [1.165, 1.54) is 24.3 Å². The van der Waals surface area contributed by atoms with Crippen LogP contribution in [0.4, 0.5) is 10.8 Å². The summed E-state index contributed by atoms with van der Waals surface area (Å²) in [5.74, 6) is 0.211. The molecule has 1 N–H and O–H groups in total. The molecule has 0 saturated carbocycles. The number of carbonyl (C=O) groups is 3. The standard InChI is InChI=1S/C25H32N4O3S/c1-17(2)18(3)26-24(32)20-12-14-28(15-13-20)23(31)11-10-21-16-33-25(27-21)29(19(4)30)22-8-6-5-7-9-22/h5-11,16-18,20H,12-15H2,1-4H3,(H,26,32)/b11-10+. The van der Waals surface area contributed by atoms with Crippen LogP contribution in [0.5, 0.6) is 0 Å². The number of nitrogens with zero attached hydrogens (tertiary/aromatic N) is 3. The molecular weight excluding hydrogens is 436 g/mol. The molecular formula is C25H32N4O3S. The second-order valence-electron chi connectivity index (χ2n) is 8.72. The second-order valence-corrected chi connectivity index (χ2v) is 9.56. The van der Waals surface area contributed by atoms with Crippen molar-refractivity contribution in [3.63, 3.8) is 0 Å². The predicted octanol–water partition coefficient (Wildman–Crippen LogP) is 4.24. The lowest BCUT2D eigenvalue weighted by Gasteiger charge is -2.31. The van der Waals surface area contributed by atoms with E-state index in [4.69, 9.17) is 0 Å². The van der Waals surface area contributed by atoms with Crippen LogP contribution < -0.4 is 10.2 Å². The number of hydrogen-bond donors (Lipinski definition) is 1. The van der Waals surface area contributed by atoms with Gasteiger partial charge < -0.3 is 10.2 Å². The molecule has 1 aliphatic heterocycles. The van der Waals surface area contributed by atoms with E-state index in [0.717, 1.165) is 5.69 Å². The van der Waals surface area contributed by atoms with Gasteiger partial charge in [0, 0.05) is 43.4 Å².